The van der Waals surface area contributed by atoms with Crippen LogP contribution in [0.1, 0.15) is 41.9 Å². The molecule has 0 atom stereocenters. The van der Waals surface area contributed by atoms with Crippen LogP contribution in [0.15, 0.2) is 11.2 Å². The topological polar surface area (TPSA) is 54.9 Å². The van der Waals surface area contributed by atoms with E-state index in [1.807, 2.05) is 13.2 Å². The highest BCUT2D eigenvalue weighted by molar-refractivity contribution is 7.98. The van der Waals surface area contributed by atoms with Gasteiger partial charge in [-0.2, -0.15) is 0 Å². The number of nitrogens with one attached hydrogen (secondary N) is 1. The molecule has 4 nitrogen and oxygen atoms in total. The third kappa shape index (κ3) is 3.19. The lowest BCUT2D eigenvalue weighted by atomic mass is 10.2. The van der Waals surface area contributed by atoms with Gasteiger partial charge in [0.05, 0.1) is 0 Å². The van der Waals surface area contributed by atoms with Gasteiger partial charge in [0.15, 0.2) is 5.16 Å². The van der Waals surface area contributed by atoms with E-state index in [4.69, 9.17) is 0 Å². The SMILES string of the molecule is CSc1nc(C)cc(C(=O)NC2CCCC2)n1. The Morgan fingerprint density at radius 2 is 2.12 bits per heavy atom. The Morgan fingerprint density at radius 1 is 1.41 bits per heavy atom. The summed E-state index contributed by atoms with van der Waals surface area (Å²) >= 11 is 1.46. The molecule has 0 spiro atoms. The molecule has 0 saturated heterocycles. The monoisotopic (exact) mass is 251 g/mol. The van der Waals surface area contributed by atoms with E-state index < -0.39 is 0 Å². The third-order valence-electron chi connectivity index (χ3n) is 2.94. The number of amides is 1. The van der Waals surface area contributed by atoms with Crippen LogP contribution in [-0.4, -0.2) is 28.2 Å². The third-order valence-corrected chi connectivity index (χ3v) is 3.49. The van der Waals surface area contributed by atoms with Crippen LogP contribution in [0.4, 0.5) is 0 Å². The Morgan fingerprint density at radius 3 is 2.76 bits per heavy atom. The van der Waals surface area contributed by atoms with Gasteiger partial charge in [-0.05, 0) is 32.1 Å². The summed E-state index contributed by atoms with van der Waals surface area (Å²) in [6.07, 6.45) is 6.51. The van der Waals surface area contributed by atoms with Crippen LogP contribution in [0.25, 0.3) is 0 Å². The second kappa shape index (κ2) is 5.49. The van der Waals surface area contributed by atoms with Crippen molar-refractivity contribution in [1.29, 1.82) is 0 Å². The van der Waals surface area contributed by atoms with E-state index >= 15 is 0 Å². The Hall–Kier alpha value is -1.10. The van der Waals surface area contributed by atoms with Crippen LogP contribution in [0.5, 0.6) is 0 Å². The van der Waals surface area contributed by atoms with Crippen LogP contribution in [0.3, 0.4) is 0 Å². The summed E-state index contributed by atoms with van der Waals surface area (Å²) in [5.41, 5.74) is 1.31. The summed E-state index contributed by atoms with van der Waals surface area (Å²) in [4.78, 5) is 20.5. The molecule has 1 aliphatic carbocycles. The maximum absolute atomic E-state index is 12.0. The zero-order valence-corrected chi connectivity index (χ0v) is 11.0. The molecule has 1 heterocycles. The number of nitrogens with zero attached hydrogens (tertiary/aromatic N) is 2. The van der Waals surface area contributed by atoms with Gasteiger partial charge in [0.2, 0.25) is 0 Å². The molecule has 1 N–H and O–H groups in total. The zero-order chi connectivity index (χ0) is 12.3. The summed E-state index contributed by atoms with van der Waals surface area (Å²) in [7, 11) is 0. The van der Waals surface area contributed by atoms with Crippen LogP contribution in [0, 0.1) is 6.92 Å². The molecule has 1 aromatic heterocycles. The molecule has 1 fully saturated rings. The molecule has 17 heavy (non-hydrogen) atoms. The van der Waals surface area contributed by atoms with Crippen molar-refractivity contribution in [3.63, 3.8) is 0 Å². The maximum atomic E-state index is 12.0. The molecule has 1 aromatic rings. The molecular formula is C12H17N3OS. The molecule has 5 heteroatoms. The first-order valence-electron chi connectivity index (χ1n) is 5.89. The molecule has 0 bridgehead atoms. The quantitative estimate of drug-likeness (QED) is 0.661. The molecule has 1 amide bonds. The first kappa shape index (κ1) is 12.4. The van der Waals surface area contributed by atoms with E-state index in [0.29, 0.717) is 16.9 Å². The predicted molar refractivity (Wildman–Crippen MR) is 68.3 cm³/mol. The number of hydrogen-bond donors (Lipinski definition) is 1. The number of hydrogen-bond acceptors (Lipinski definition) is 4. The minimum absolute atomic E-state index is 0.0716. The minimum Gasteiger partial charge on any atom is -0.348 e. The van der Waals surface area contributed by atoms with E-state index in [2.05, 4.69) is 15.3 Å². The van der Waals surface area contributed by atoms with Crippen molar-refractivity contribution >= 4 is 17.7 Å². The lowest BCUT2D eigenvalue weighted by Gasteiger charge is -2.11. The van der Waals surface area contributed by atoms with Gasteiger partial charge in [-0.1, -0.05) is 24.6 Å². The van der Waals surface area contributed by atoms with Crippen molar-refractivity contribution in [1.82, 2.24) is 15.3 Å². The first-order chi connectivity index (χ1) is 8.19. The number of thioether (sulfide) groups is 1. The standard InChI is InChI=1S/C12H17N3OS/c1-8-7-10(15-12(13-8)17-2)11(16)14-9-5-3-4-6-9/h7,9H,3-6H2,1-2H3,(H,14,16). The van der Waals surface area contributed by atoms with Crippen LogP contribution in [-0.2, 0) is 0 Å². The molecular weight excluding hydrogens is 234 g/mol. The fourth-order valence-corrected chi connectivity index (χ4v) is 2.50. The Kier molecular flexibility index (Phi) is 3.99. The highest BCUT2D eigenvalue weighted by Crippen LogP contribution is 2.18. The van der Waals surface area contributed by atoms with Crippen molar-refractivity contribution in [3.05, 3.63) is 17.5 Å². The van der Waals surface area contributed by atoms with Crippen LogP contribution >= 0.6 is 11.8 Å². The molecule has 0 unspecified atom stereocenters. The fourth-order valence-electron chi connectivity index (χ4n) is 2.08. The summed E-state index contributed by atoms with van der Waals surface area (Å²) in [6, 6.07) is 2.07. The summed E-state index contributed by atoms with van der Waals surface area (Å²) in [5, 5.41) is 3.69. The maximum Gasteiger partial charge on any atom is 0.270 e. The second-order valence-corrected chi connectivity index (χ2v) is 5.11. The van der Waals surface area contributed by atoms with Gasteiger partial charge >= 0.3 is 0 Å². The minimum atomic E-state index is -0.0716. The summed E-state index contributed by atoms with van der Waals surface area (Å²) in [5.74, 6) is -0.0716. The van der Waals surface area contributed by atoms with Crippen molar-refractivity contribution in [2.75, 3.05) is 6.26 Å². The second-order valence-electron chi connectivity index (χ2n) is 4.34. The van der Waals surface area contributed by atoms with Gasteiger partial charge in [-0.25, -0.2) is 9.97 Å². The van der Waals surface area contributed by atoms with Gasteiger partial charge in [-0.3, -0.25) is 4.79 Å². The Balaban J connectivity index is 2.09. The van der Waals surface area contributed by atoms with Crippen molar-refractivity contribution in [2.45, 2.75) is 43.8 Å². The van der Waals surface area contributed by atoms with E-state index in [1.165, 1.54) is 24.6 Å². The van der Waals surface area contributed by atoms with Crippen LogP contribution in [0.2, 0.25) is 0 Å². The van der Waals surface area contributed by atoms with E-state index in [-0.39, 0.29) is 5.91 Å². The normalized spacial score (nSPS) is 16.1. The van der Waals surface area contributed by atoms with Crippen molar-refractivity contribution in [3.8, 4) is 0 Å². The average molecular weight is 251 g/mol. The number of aryl methyl sites for hydroxylation is 1. The summed E-state index contributed by atoms with van der Waals surface area (Å²) in [6.45, 7) is 1.88. The highest BCUT2D eigenvalue weighted by Gasteiger charge is 2.19. The van der Waals surface area contributed by atoms with Gasteiger partial charge < -0.3 is 5.32 Å². The molecule has 0 aromatic carbocycles. The van der Waals surface area contributed by atoms with Gasteiger partial charge in [0.1, 0.15) is 5.69 Å². The van der Waals surface area contributed by atoms with Crippen molar-refractivity contribution < 1.29 is 4.79 Å². The van der Waals surface area contributed by atoms with Gasteiger partial charge in [0, 0.05) is 11.7 Å². The Labute approximate surface area is 106 Å². The number of aromatic nitrogens is 2. The first-order valence-corrected chi connectivity index (χ1v) is 7.12. The average Bonchev–Trinajstić information content (AvgIpc) is 2.81. The molecule has 0 aliphatic heterocycles. The lowest BCUT2D eigenvalue weighted by molar-refractivity contribution is 0.0931. The highest BCUT2D eigenvalue weighted by atomic mass is 32.2. The Bertz CT molecular complexity index is 416. The number of rotatable bonds is 3. The number of carbonyl (C=O) groups excluding carboxylic acids is 1. The van der Waals surface area contributed by atoms with E-state index in [1.54, 1.807) is 6.07 Å². The smallest absolute Gasteiger partial charge is 0.270 e. The van der Waals surface area contributed by atoms with Crippen molar-refractivity contribution in [2.24, 2.45) is 0 Å². The molecule has 2 rings (SSSR count). The fraction of sp³-hybridized carbons (Fsp3) is 0.583. The zero-order valence-electron chi connectivity index (χ0n) is 10.2. The van der Waals surface area contributed by atoms with E-state index in [0.717, 1.165) is 18.5 Å². The van der Waals surface area contributed by atoms with Gasteiger partial charge in [0.25, 0.3) is 5.91 Å². The molecule has 1 aliphatic rings. The summed E-state index contributed by atoms with van der Waals surface area (Å²) < 4.78 is 0. The predicted octanol–water partition coefficient (Wildman–Crippen LogP) is 2.18. The number of carbonyl (C=O) groups is 1. The molecule has 1 saturated carbocycles. The van der Waals surface area contributed by atoms with Gasteiger partial charge in [-0.15, -0.1) is 0 Å². The molecule has 92 valence electrons. The van der Waals surface area contributed by atoms with E-state index in [9.17, 15) is 4.79 Å². The largest absolute Gasteiger partial charge is 0.348 e. The lowest BCUT2D eigenvalue weighted by Crippen LogP contribution is -2.33. The van der Waals surface area contributed by atoms with Crippen LogP contribution < -0.4 is 5.32 Å². The molecule has 0 radical (unpaired) electrons.